The van der Waals surface area contributed by atoms with Gasteiger partial charge in [-0.05, 0) is 52.2 Å². The largest absolute Gasteiger partial charge is 0.494 e. The van der Waals surface area contributed by atoms with Crippen LogP contribution >= 0.6 is 0 Å². The third kappa shape index (κ3) is 2.90. The summed E-state index contributed by atoms with van der Waals surface area (Å²) in [5.74, 6) is 0. The summed E-state index contributed by atoms with van der Waals surface area (Å²) in [5.41, 5.74) is 1.68. The van der Waals surface area contributed by atoms with Gasteiger partial charge in [-0.2, -0.15) is 0 Å². The number of morpholine rings is 1. The van der Waals surface area contributed by atoms with Crippen molar-refractivity contribution in [1.82, 2.24) is 0 Å². The highest BCUT2D eigenvalue weighted by Crippen LogP contribution is 2.36. The molecule has 0 amide bonds. The van der Waals surface area contributed by atoms with Crippen molar-refractivity contribution in [3.8, 4) is 0 Å². The number of nitrogens with zero attached hydrogens (tertiary/aromatic N) is 1. The van der Waals surface area contributed by atoms with Crippen molar-refractivity contribution in [2.24, 2.45) is 0 Å². The molecule has 4 nitrogen and oxygen atoms in total. The average molecular weight is 303 g/mol. The molecule has 1 aromatic rings. The molecule has 5 heteroatoms. The molecule has 0 aromatic heterocycles. The molecule has 1 unspecified atom stereocenters. The van der Waals surface area contributed by atoms with Gasteiger partial charge in [0.15, 0.2) is 0 Å². The molecule has 120 valence electrons. The van der Waals surface area contributed by atoms with E-state index in [1.54, 1.807) is 0 Å². The highest BCUT2D eigenvalue weighted by Gasteiger charge is 2.51. The summed E-state index contributed by atoms with van der Waals surface area (Å²) in [6.07, 6.45) is 0.272. The van der Waals surface area contributed by atoms with Gasteiger partial charge in [0, 0.05) is 18.8 Å². The molecule has 2 fully saturated rings. The molecule has 0 radical (unpaired) electrons. The van der Waals surface area contributed by atoms with E-state index >= 15 is 0 Å². The van der Waals surface area contributed by atoms with Gasteiger partial charge in [-0.1, -0.05) is 12.1 Å². The summed E-state index contributed by atoms with van der Waals surface area (Å²) in [4.78, 5) is 2.36. The Morgan fingerprint density at radius 3 is 2.45 bits per heavy atom. The monoisotopic (exact) mass is 303 g/mol. The van der Waals surface area contributed by atoms with E-state index in [-0.39, 0.29) is 24.4 Å². The van der Waals surface area contributed by atoms with Gasteiger partial charge in [-0.15, -0.1) is 0 Å². The maximum Gasteiger partial charge on any atom is 0.494 e. The topological polar surface area (TPSA) is 30.9 Å². The van der Waals surface area contributed by atoms with Gasteiger partial charge in [-0.3, -0.25) is 0 Å². The maximum atomic E-state index is 6.15. The average Bonchev–Trinajstić information content (AvgIpc) is 2.68. The molecule has 1 aromatic carbocycles. The van der Waals surface area contributed by atoms with E-state index in [0.717, 1.165) is 25.2 Å². The van der Waals surface area contributed by atoms with Gasteiger partial charge in [0.2, 0.25) is 0 Å². The van der Waals surface area contributed by atoms with Crippen LogP contribution in [0.5, 0.6) is 0 Å². The van der Waals surface area contributed by atoms with Crippen LogP contribution in [0.2, 0.25) is 0 Å². The number of rotatable bonds is 2. The summed E-state index contributed by atoms with van der Waals surface area (Å²) in [6.45, 7) is 13.1. The Hall–Kier alpha value is -1.04. The maximum absolute atomic E-state index is 6.15. The molecule has 0 spiro atoms. The molecule has 3 rings (SSSR count). The lowest BCUT2D eigenvalue weighted by Gasteiger charge is -2.33. The van der Waals surface area contributed by atoms with Gasteiger partial charge in [0.05, 0.1) is 23.9 Å². The molecule has 2 aliphatic rings. The zero-order chi connectivity index (χ0) is 16.0. The number of ether oxygens (including phenoxy) is 1. The molecule has 0 N–H and O–H groups in total. The minimum absolute atomic E-state index is 0.272. The van der Waals surface area contributed by atoms with Crippen molar-refractivity contribution in [3.63, 3.8) is 0 Å². The second-order valence-corrected chi connectivity index (χ2v) is 7.31. The summed E-state index contributed by atoms with van der Waals surface area (Å²) in [7, 11) is -0.302. The van der Waals surface area contributed by atoms with Crippen LogP contribution in [0.1, 0.15) is 34.6 Å². The van der Waals surface area contributed by atoms with E-state index < -0.39 is 0 Å². The normalized spacial score (nSPS) is 27.2. The Kier molecular flexibility index (Phi) is 4.00. The third-order valence-electron chi connectivity index (χ3n) is 5.00. The minimum atomic E-state index is -0.304. The zero-order valence-electron chi connectivity index (χ0n) is 14.3. The molecule has 2 aliphatic heterocycles. The van der Waals surface area contributed by atoms with Crippen molar-refractivity contribution >= 4 is 18.3 Å². The first-order valence-electron chi connectivity index (χ1n) is 8.11. The number of anilines is 1. The Morgan fingerprint density at radius 1 is 1.14 bits per heavy atom. The first-order chi connectivity index (χ1) is 10.3. The van der Waals surface area contributed by atoms with Gasteiger partial charge < -0.3 is 18.9 Å². The second kappa shape index (κ2) is 5.55. The number of hydrogen-bond donors (Lipinski definition) is 0. The lowest BCUT2D eigenvalue weighted by Crippen LogP contribution is -2.42. The molecular formula is C17H26BNO3. The van der Waals surface area contributed by atoms with E-state index in [9.17, 15) is 0 Å². The van der Waals surface area contributed by atoms with Crippen molar-refractivity contribution in [1.29, 1.82) is 0 Å². The fourth-order valence-electron chi connectivity index (χ4n) is 2.90. The third-order valence-corrected chi connectivity index (χ3v) is 5.00. The lowest BCUT2D eigenvalue weighted by molar-refractivity contribution is 0.00578. The predicted molar refractivity (Wildman–Crippen MR) is 89.8 cm³/mol. The van der Waals surface area contributed by atoms with Crippen molar-refractivity contribution < 1.29 is 14.0 Å². The molecule has 0 aliphatic carbocycles. The molecular weight excluding hydrogens is 277 g/mol. The van der Waals surface area contributed by atoms with E-state index in [0.29, 0.717) is 0 Å². The van der Waals surface area contributed by atoms with E-state index in [2.05, 4.69) is 63.8 Å². The fourth-order valence-corrected chi connectivity index (χ4v) is 2.90. The molecule has 22 heavy (non-hydrogen) atoms. The van der Waals surface area contributed by atoms with Gasteiger partial charge in [0.1, 0.15) is 0 Å². The Balaban J connectivity index is 1.80. The Bertz CT molecular complexity index is 530. The van der Waals surface area contributed by atoms with Crippen LogP contribution in [0.15, 0.2) is 24.3 Å². The van der Waals surface area contributed by atoms with Crippen molar-refractivity contribution in [2.75, 3.05) is 24.6 Å². The van der Waals surface area contributed by atoms with Gasteiger partial charge in [-0.25, -0.2) is 0 Å². The van der Waals surface area contributed by atoms with Crippen molar-refractivity contribution in [3.05, 3.63) is 24.3 Å². The summed E-state index contributed by atoms with van der Waals surface area (Å²) >= 11 is 0. The zero-order valence-corrected chi connectivity index (χ0v) is 14.3. The fraction of sp³-hybridized carbons (Fsp3) is 0.647. The smallest absolute Gasteiger partial charge is 0.399 e. The van der Waals surface area contributed by atoms with Crippen LogP contribution in [-0.2, 0) is 14.0 Å². The quantitative estimate of drug-likeness (QED) is 0.784. The predicted octanol–water partition coefficient (Wildman–Crippen LogP) is 2.21. The Labute approximate surface area is 133 Å². The number of hydrogen-bond acceptors (Lipinski definition) is 4. The van der Waals surface area contributed by atoms with Gasteiger partial charge in [0.25, 0.3) is 0 Å². The van der Waals surface area contributed by atoms with Crippen LogP contribution in [0.3, 0.4) is 0 Å². The Morgan fingerprint density at radius 2 is 1.82 bits per heavy atom. The highest BCUT2D eigenvalue weighted by molar-refractivity contribution is 6.62. The van der Waals surface area contributed by atoms with Crippen LogP contribution in [0.4, 0.5) is 5.69 Å². The second-order valence-electron chi connectivity index (χ2n) is 7.31. The first kappa shape index (κ1) is 15.8. The van der Waals surface area contributed by atoms with Crippen molar-refractivity contribution in [2.45, 2.75) is 51.9 Å². The first-order valence-corrected chi connectivity index (χ1v) is 8.11. The highest BCUT2D eigenvalue weighted by atomic mass is 16.7. The summed E-state index contributed by atoms with van der Waals surface area (Å²) in [5, 5.41) is 0. The van der Waals surface area contributed by atoms with E-state index in [1.165, 1.54) is 5.69 Å². The van der Waals surface area contributed by atoms with Crippen LogP contribution in [0, 0.1) is 0 Å². The summed E-state index contributed by atoms with van der Waals surface area (Å²) in [6, 6.07) is 8.48. The van der Waals surface area contributed by atoms with Crippen LogP contribution in [0.25, 0.3) is 0 Å². The molecule has 1 atom stereocenters. The SMILES string of the molecule is CC1CN(c2cccc(B3OC(C)(C)C(C)(C)O3)c2)CCO1. The lowest BCUT2D eigenvalue weighted by atomic mass is 9.79. The van der Waals surface area contributed by atoms with E-state index in [1.807, 2.05) is 0 Å². The van der Waals surface area contributed by atoms with Crippen LogP contribution in [-0.4, -0.2) is 44.1 Å². The molecule has 2 heterocycles. The number of benzene rings is 1. The summed E-state index contributed by atoms with van der Waals surface area (Å²) < 4.78 is 17.9. The van der Waals surface area contributed by atoms with Gasteiger partial charge >= 0.3 is 7.12 Å². The van der Waals surface area contributed by atoms with Crippen LogP contribution < -0.4 is 10.4 Å². The molecule has 2 saturated heterocycles. The molecule has 0 saturated carbocycles. The standard InChI is InChI=1S/C17H26BNO3/c1-13-12-19(9-10-20-13)15-8-6-7-14(11-15)18-21-16(2,3)17(4,5)22-18/h6-8,11,13H,9-10,12H2,1-5H3. The minimum Gasteiger partial charge on any atom is -0.399 e. The van der Waals surface area contributed by atoms with E-state index in [4.69, 9.17) is 14.0 Å². The molecule has 0 bridgehead atoms.